The number of benzene rings is 1. The molecule has 6 nitrogen and oxygen atoms in total. The number of anilines is 1. The Kier molecular flexibility index (Phi) is 5.06. The van der Waals surface area contributed by atoms with Gasteiger partial charge in [0.25, 0.3) is 0 Å². The second-order valence-electron chi connectivity index (χ2n) is 3.37. The molecule has 7 heteroatoms. The third kappa shape index (κ3) is 4.02. The van der Waals surface area contributed by atoms with E-state index in [1.807, 2.05) is 0 Å². The Morgan fingerprint density at radius 3 is 2.72 bits per heavy atom. The van der Waals surface area contributed by atoms with Gasteiger partial charge in [0.15, 0.2) is 0 Å². The van der Waals surface area contributed by atoms with Crippen molar-refractivity contribution in [2.75, 3.05) is 25.5 Å². The Morgan fingerprint density at radius 1 is 1.39 bits per heavy atom. The van der Waals surface area contributed by atoms with Gasteiger partial charge in [-0.25, -0.2) is 4.39 Å². The van der Waals surface area contributed by atoms with Gasteiger partial charge in [-0.3, -0.25) is 9.59 Å². The first kappa shape index (κ1) is 13.9. The van der Waals surface area contributed by atoms with Crippen molar-refractivity contribution in [2.24, 2.45) is 5.73 Å². The van der Waals surface area contributed by atoms with Gasteiger partial charge in [0.2, 0.25) is 11.8 Å². The second-order valence-corrected chi connectivity index (χ2v) is 3.37. The smallest absolute Gasteiger partial charge is 0.243 e. The van der Waals surface area contributed by atoms with E-state index < -0.39 is 17.6 Å². The molecule has 0 heterocycles. The maximum atomic E-state index is 12.9. The number of methoxy groups -OCH3 is 1. The van der Waals surface area contributed by atoms with E-state index in [2.05, 4.69) is 10.6 Å². The minimum absolute atomic E-state index is 0.187. The lowest BCUT2D eigenvalue weighted by atomic mass is 10.3. The molecule has 0 saturated carbocycles. The average Bonchev–Trinajstić information content (AvgIpc) is 2.37. The zero-order valence-electron chi connectivity index (χ0n) is 9.83. The van der Waals surface area contributed by atoms with Gasteiger partial charge in [0.1, 0.15) is 11.6 Å². The quantitative estimate of drug-likeness (QED) is 0.682. The van der Waals surface area contributed by atoms with Crippen LogP contribution in [-0.2, 0) is 9.59 Å². The first-order chi connectivity index (χ1) is 8.56. The van der Waals surface area contributed by atoms with Crippen LogP contribution in [0.5, 0.6) is 5.75 Å². The zero-order valence-corrected chi connectivity index (χ0v) is 9.83. The van der Waals surface area contributed by atoms with Crippen LogP contribution in [0.25, 0.3) is 0 Å². The highest BCUT2D eigenvalue weighted by atomic mass is 19.1. The van der Waals surface area contributed by atoms with E-state index in [0.717, 1.165) is 6.07 Å². The number of amides is 2. The molecular formula is C11H14FN3O3. The van der Waals surface area contributed by atoms with E-state index in [-0.39, 0.29) is 18.8 Å². The standard InChI is InChI=1S/C11H14FN3O3/c1-18-9-4-7(12)2-3-8(9)15-11(17)6-14-10(16)5-13/h2-4H,5-6,13H2,1H3,(H,14,16)(H,15,17). The fraction of sp³-hybridized carbons (Fsp3) is 0.273. The third-order valence-electron chi connectivity index (χ3n) is 2.07. The van der Waals surface area contributed by atoms with Crippen molar-refractivity contribution in [1.82, 2.24) is 5.32 Å². The second kappa shape index (κ2) is 6.55. The maximum absolute atomic E-state index is 12.9. The van der Waals surface area contributed by atoms with Gasteiger partial charge in [-0.15, -0.1) is 0 Å². The minimum atomic E-state index is -0.471. The van der Waals surface area contributed by atoms with Crippen molar-refractivity contribution in [3.63, 3.8) is 0 Å². The van der Waals surface area contributed by atoms with Crippen molar-refractivity contribution >= 4 is 17.5 Å². The van der Waals surface area contributed by atoms with Crippen LogP contribution in [-0.4, -0.2) is 32.0 Å². The van der Waals surface area contributed by atoms with Crippen molar-refractivity contribution in [3.05, 3.63) is 24.0 Å². The highest BCUT2D eigenvalue weighted by Crippen LogP contribution is 2.24. The van der Waals surface area contributed by atoms with Gasteiger partial charge in [-0.05, 0) is 12.1 Å². The van der Waals surface area contributed by atoms with Crippen LogP contribution in [0.2, 0.25) is 0 Å². The molecular weight excluding hydrogens is 241 g/mol. The Balaban J connectivity index is 2.61. The van der Waals surface area contributed by atoms with E-state index in [9.17, 15) is 14.0 Å². The Labute approximate surface area is 103 Å². The molecule has 0 saturated heterocycles. The number of halogens is 1. The molecule has 0 radical (unpaired) electrons. The monoisotopic (exact) mass is 255 g/mol. The van der Waals surface area contributed by atoms with E-state index in [1.165, 1.54) is 19.2 Å². The molecule has 1 rings (SSSR count). The first-order valence-electron chi connectivity index (χ1n) is 5.17. The average molecular weight is 255 g/mol. The largest absolute Gasteiger partial charge is 0.494 e. The molecule has 0 aliphatic rings. The van der Waals surface area contributed by atoms with Crippen molar-refractivity contribution < 1.29 is 18.7 Å². The molecule has 18 heavy (non-hydrogen) atoms. The van der Waals surface area contributed by atoms with Gasteiger partial charge in [0.05, 0.1) is 25.9 Å². The molecule has 0 aliphatic heterocycles. The predicted octanol–water partition coefficient (Wildman–Crippen LogP) is -0.152. The Hall–Kier alpha value is -2.15. The third-order valence-corrected chi connectivity index (χ3v) is 2.07. The summed E-state index contributed by atoms with van der Waals surface area (Å²) in [6.07, 6.45) is 0. The number of hydrogen-bond acceptors (Lipinski definition) is 4. The van der Waals surface area contributed by atoms with E-state index in [0.29, 0.717) is 5.69 Å². The lowest BCUT2D eigenvalue weighted by molar-refractivity contribution is -0.123. The van der Waals surface area contributed by atoms with E-state index in [1.54, 1.807) is 0 Å². The summed E-state index contributed by atoms with van der Waals surface area (Å²) in [5.41, 5.74) is 5.39. The van der Waals surface area contributed by atoms with E-state index in [4.69, 9.17) is 10.5 Å². The molecule has 0 fully saturated rings. The SMILES string of the molecule is COc1cc(F)ccc1NC(=O)CNC(=O)CN. The lowest BCUT2D eigenvalue weighted by Crippen LogP contribution is -2.36. The maximum Gasteiger partial charge on any atom is 0.243 e. The summed E-state index contributed by atoms with van der Waals surface area (Å²) in [5, 5.41) is 4.79. The summed E-state index contributed by atoms with van der Waals surface area (Å²) in [6, 6.07) is 3.71. The summed E-state index contributed by atoms with van der Waals surface area (Å²) in [4.78, 5) is 22.3. The molecule has 0 unspecified atom stereocenters. The fourth-order valence-corrected chi connectivity index (χ4v) is 1.21. The van der Waals surface area contributed by atoms with Crippen LogP contribution < -0.4 is 21.1 Å². The van der Waals surface area contributed by atoms with Crippen LogP contribution in [0.3, 0.4) is 0 Å². The van der Waals surface area contributed by atoms with Crippen molar-refractivity contribution in [1.29, 1.82) is 0 Å². The number of rotatable bonds is 5. The zero-order chi connectivity index (χ0) is 13.5. The number of nitrogens with one attached hydrogen (secondary N) is 2. The van der Waals surface area contributed by atoms with Crippen molar-refractivity contribution in [2.45, 2.75) is 0 Å². The number of carbonyl (C=O) groups is 2. The molecule has 98 valence electrons. The highest BCUT2D eigenvalue weighted by Gasteiger charge is 2.09. The normalized spacial score (nSPS) is 9.72. The van der Waals surface area contributed by atoms with Crippen LogP contribution >= 0.6 is 0 Å². The molecule has 0 bridgehead atoms. The van der Waals surface area contributed by atoms with Crippen LogP contribution in [0.15, 0.2) is 18.2 Å². The van der Waals surface area contributed by atoms with Gasteiger partial charge in [-0.2, -0.15) is 0 Å². The Bertz CT molecular complexity index is 451. The fourth-order valence-electron chi connectivity index (χ4n) is 1.21. The topological polar surface area (TPSA) is 93.5 Å². The highest BCUT2D eigenvalue weighted by molar-refractivity contribution is 5.95. The Morgan fingerprint density at radius 2 is 2.11 bits per heavy atom. The molecule has 0 aromatic heterocycles. The van der Waals surface area contributed by atoms with Gasteiger partial charge in [-0.1, -0.05) is 0 Å². The van der Waals surface area contributed by atoms with Gasteiger partial charge < -0.3 is 21.1 Å². The number of ether oxygens (including phenoxy) is 1. The molecule has 2 amide bonds. The minimum Gasteiger partial charge on any atom is -0.494 e. The summed E-state index contributed by atoms with van der Waals surface area (Å²) in [6.45, 7) is -0.399. The first-order valence-corrected chi connectivity index (χ1v) is 5.17. The van der Waals surface area contributed by atoms with E-state index >= 15 is 0 Å². The van der Waals surface area contributed by atoms with Crippen LogP contribution in [0.1, 0.15) is 0 Å². The lowest BCUT2D eigenvalue weighted by Gasteiger charge is -2.10. The molecule has 4 N–H and O–H groups in total. The van der Waals surface area contributed by atoms with Gasteiger partial charge in [0, 0.05) is 6.07 Å². The number of nitrogens with two attached hydrogens (primary N) is 1. The van der Waals surface area contributed by atoms with Crippen molar-refractivity contribution in [3.8, 4) is 5.75 Å². The molecule has 1 aromatic rings. The summed E-state index contributed by atoms with van der Waals surface area (Å²) in [7, 11) is 1.36. The number of carbonyl (C=O) groups excluding carboxylic acids is 2. The molecule has 1 aromatic carbocycles. The predicted molar refractivity (Wildman–Crippen MR) is 63.6 cm³/mol. The van der Waals surface area contributed by atoms with Crippen LogP contribution in [0, 0.1) is 5.82 Å². The number of hydrogen-bond donors (Lipinski definition) is 3. The molecule has 0 atom stereocenters. The summed E-state index contributed by atoms with van der Waals surface area (Å²) < 4.78 is 17.8. The summed E-state index contributed by atoms with van der Waals surface area (Å²) in [5.74, 6) is -1.16. The summed E-state index contributed by atoms with van der Waals surface area (Å²) >= 11 is 0. The molecule has 0 aliphatic carbocycles. The molecule has 0 spiro atoms. The van der Waals surface area contributed by atoms with Crippen LogP contribution in [0.4, 0.5) is 10.1 Å². The van der Waals surface area contributed by atoms with Gasteiger partial charge >= 0.3 is 0 Å².